The zero-order chi connectivity index (χ0) is 35.3. The van der Waals surface area contributed by atoms with Crippen molar-refractivity contribution in [3.8, 4) is 17.0 Å². The molecule has 5 aromatic rings. The number of nitrogens with zero attached hydrogens (tertiary/aromatic N) is 3. The molecule has 49 heavy (non-hydrogen) atoms. The van der Waals surface area contributed by atoms with Crippen molar-refractivity contribution in [1.82, 2.24) is 20.3 Å². The van der Waals surface area contributed by atoms with Gasteiger partial charge in [0.2, 0.25) is 11.5 Å². The Morgan fingerprint density at radius 3 is 2.45 bits per heavy atom. The van der Waals surface area contributed by atoms with Crippen molar-refractivity contribution in [3.63, 3.8) is 0 Å². The van der Waals surface area contributed by atoms with Crippen LogP contribution >= 0.6 is 0 Å². The molecule has 0 bridgehead atoms. The van der Waals surface area contributed by atoms with Crippen LogP contribution in [0.3, 0.4) is 0 Å². The van der Waals surface area contributed by atoms with Crippen molar-refractivity contribution in [1.29, 1.82) is 0 Å². The molecule has 1 aliphatic rings. The summed E-state index contributed by atoms with van der Waals surface area (Å²) in [5.74, 6) is -3.72. The molecule has 0 saturated heterocycles. The van der Waals surface area contributed by atoms with E-state index < -0.39 is 53.0 Å². The fraction of sp³-hybridized carbons (Fsp3) is 0.212. The van der Waals surface area contributed by atoms with Gasteiger partial charge < -0.3 is 30.6 Å². The summed E-state index contributed by atoms with van der Waals surface area (Å²) in [6, 6.07) is 9.66. The minimum absolute atomic E-state index is 0.0342. The topological polar surface area (TPSA) is 183 Å². The molecule has 5 N–H and O–H groups in total. The Balaban J connectivity index is 1.39. The van der Waals surface area contributed by atoms with E-state index in [0.29, 0.717) is 10.9 Å². The number of benzene rings is 2. The molecule has 0 saturated carbocycles. The van der Waals surface area contributed by atoms with E-state index in [-0.39, 0.29) is 51.8 Å². The van der Waals surface area contributed by atoms with Gasteiger partial charge in [-0.1, -0.05) is 0 Å². The van der Waals surface area contributed by atoms with E-state index in [2.05, 4.69) is 25.6 Å². The number of oxazole rings is 1. The molecule has 2 atom stereocenters. The number of rotatable bonds is 8. The number of aliphatic hydroxyl groups is 1. The monoisotopic (exact) mass is 678 g/mol. The van der Waals surface area contributed by atoms with Gasteiger partial charge in [-0.25, -0.2) is 14.4 Å². The van der Waals surface area contributed by atoms with E-state index in [1.165, 1.54) is 49.8 Å². The number of alkyl halides is 3. The van der Waals surface area contributed by atoms with Gasteiger partial charge in [0.1, 0.15) is 35.5 Å². The number of amides is 3. The van der Waals surface area contributed by atoms with Crippen LogP contribution in [0.5, 0.6) is 5.75 Å². The Hall–Kier alpha value is -5.90. The van der Waals surface area contributed by atoms with Gasteiger partial charge in [0.15, 0.2) is 0 Å². The van der Waals surface area contributed by atoms with Gasteiger partial charge in [-0.15, -0.1) is 0 Å². The maximum atomic E-state index is 14.8. The predicted octanol–water partition coefficient (Wildman–Crippen LogP) is 4.30. The lowest BCUT2D eigenvalue weighted by molar-refractivity contribution is -0.265. The first-order valence-electron chi connectivity index (χ1n) is 14.5. The van der Waals surface area contributed by atoms with Crippen LogP contribution in [-0.2, 0) is 15.8 Å². The molecule has 0 unspecified atom stereocenters. The number of ether oxygens (including phenoxy) is 1. The van der Waals surface area contributed by atoms with Crippen LogP contribution in [0.1, 0.15) is 44.8 Å². The lowest BCUT2D eigenvalue weighted by Crippen LogP contribution is -2.51. The van der Waals surface area contributed by atoms with Crippen molar-refractivity contribution in [2.45, 2.75) is 31.0 Å². The molecule has 0 fully saturated rings. The first kappa shape index (κ1) is 33.0. The summed E-state index contributed by atoms with van der Waals surface area (Å²) in [5.41, 5.74) is -0.154. The Morgan fingerprint density at radius 2 is 1.80 bits per heavy atom. The minimum atomic E-state index is -5.43. The molecule has 4 heterocycles. The van der Waals surface area contributed by atoms with Crippen LogP contribution in [0.4, 0.5) is 23.2 Å². The molecule has 6 rings (SSSR count). The van der Waals surface area contributed by atoms with Crippen LogP contribution < -0.4 is 21.1 Å². The van der Waals surface area contributed by atoms with Crippen LogP contribution in [0.25, 0.3) is 22.2 Å². The molecule has 0 aliphatic carbocycles. The fourth-order valence-corrected chi connectivity index (χ4v) is 5.35. The number of carbonyl (C=O) groups is 3. The molecule has 0 spiro atoms. The molecule has 252 valence electrons. The maximum Gasteiger partial charge on any atom is 0.424 e. The summed E-state index contributed by atoms with van der Waals surface area (Å²) in [6.07, 6.45) is -1.48. The number of pyridine rings is 2. The molecule has 1 aliphatic heterocycles. The molecule has 0 radical (unpaired) electrons. The Bertz CT molecular complexity index is 2120. The second kappa shape index (κ2) is 12.0. The predicted molar refractivity (Wildman–Crippen MR) is 165 cm³/mol. The van der Waals surface area contributed by atoms with E-state index >= 15 is 0 Å². The number of halogens is 4. The zero-order valence-corrected chi connectivity index (χ0v) is 25.7. The highest BCUT2D eigenvalue weighted by molar-refractivity contribution is 6.09. The third-order valence-electron chi connectivity index (χ3n) is 8.19. The highest BCUT2D eigenvalue weighted by Gasteiger charge is 2.57. The first-order valence-corrected chi connectivity index (χ1v) is 14.5. The molecule has 12 nitrogen and oxygen atoms in total. The smallest absolute Gasteiger partial charge is 0.424 e. The van der Waals surface area contributed by atoms with Crippen molar-refractivity contribution in [2.75, 3.05) is 18.5 Å². The zero-order valence-electron chi connectivity index (χ0n) is 25.7. The van der Waals surface area contributed by atoms with Crippen molar-refractivity contribution < 1.29 is 46.2 Å². The van der Waals surface area contributed by atoms with Crippen molar-refractivity contribution in [3.05, 3.63) is 101 Å². The van der Waals surface area contributed by atoms with Crippen LogP contribution in [-0.4, -0.2) is 57.1 Å². The first-order chi connectivity index (χ1) is 23.1. The lowest BCUT2D eigenvalue weighted by atomic mass is 9.81. The lowest BCUT2D eigenvalue weighted by Gasteiger charge is -2.31. The molecule has 2 aromatic carbocycles. The Kier molecular flexibility index (Phi) is 8.06. The second-order valence-corrected chi connectivity index (χ2v) is 11.7. The van der Waals surface area contributed by atoms with E-state index in [4.69, 9.17) is 14.9 Å². The Morgan fingerprint density at radius 1 is 1.06 bits per heavy atom. The van der Waals surface area contributed by atoms with Gasteiger partial charge in [0, 0.05) is 28.3 Å². The van der Waals surface area contributed by atoms with Crippen LogP contribution in [0.15, 0.2) is 71.6 Å². The van der Waals surface area contributed by atoms with Gasteiger partial charge >= 0.3 is 12.1 Å². The summed E-state index contributed by atoms with van der Waals surface area (Å²) >= 11 is 0. The third kappa shape index (κ3) is 5.90. The number of nitrogens with one attached hydrogen (secondary N) is 2. The number of aromatic nitrogens is 3. The molecule has 16 heteroatoms. The summed E-state index contributed by atoms with van der Waals surface area (Å²) in [5, 5.41) is 16.4. The average molecular weight is 679 g/mol. The normalized spacial score (nSPS) is 16.8. The van der Waals surface area contributed by atoms with E-state index in [1.54, 1.807) is 13.0 Å². The van der Waals surface area contributed by atoms with E-state index in [0.717, 1.165) is 18.2 Å². The van der Waals surface area contributed by atoms with Crippen molar-refractivity contribution >= 4 is 34.3 Å². The van der Waals surface area contributed by atoms with Gasteiger partial charge in [-0.05, 0) is 67.9 Å². The van der Waals surface area contributed by atoms with Gasteiger partial charge in [0.05, 0.1) is 29.6 Å². The number of aryl methyl sites for hydroxylation is 1. The standard InChI is InChI=1S/C33H26F4N6O6/c1-16-9-18-10-19(11-22(24(18)40-13-16)42-28(45)29-39-7-8-48-29)27(44)41-14-32(47,33(35,36)37)23-12-21-26(49-15-31(21,2)30(38)46)25(43-23)17-3-5-20(34)6-4-17/h3-13,47H,14-15H2,1-2H3,(H2,38,46)(H,41,44)(H,42,45)/t31-,32-/m0/s1. The number of nitrogens with two attached hydrogens (primary N) is 1. The summed E-state index contributed by atoms with van der Waals surface area (Å²) < 4.78 is 68.9. The van der Waals surface area contributed by atoms with E-state index in [9.17, 15) is 37.1 Å². The maximum absolute atomic E-state index is 14.8. The van der Waals surface area contributed by atoms with E-state index in [1.807, 2.05) is 0 Å². The summed E-state index contributed by atoms with van der Waals surface area (Å²) in [7, 11) is 0. The number of hydrogen-bond donors (Lipinski definition) is 4. The fourth-order valence-electron chi connectivity index (χ4n) is 5.35. The van der Waals surface area contributed by atoms with Crippen LogP contribution in [0, 0.1) is 12.7 Å². The quantitative estimate of drug-likeness (QED) is 0.174. The molecule has 3 aromatic heterocycles. The minimum Gasteiger partial charge on any atom is -0.489 e. The molecule has 3 amide bonds. The second-order valence-electron chi connectivity index (χ2n) is 11.7. The van der Waals surface area contributed by atoms with Gasteiger partial charge in [0.25, 0.3) is 11.8 Å². The highest BCUT2D eigenvalue weighted by Crippen LogP contribution is 2.47. The number of primary amides is 1. The SMILES string of the molecule is Cc1cnc2c(NC(=O)c3ncco3)cc(C(=O)NC[C@](O)(c3cc4c(c(-c5ccc(F)cc5)n3)OC[C@]4(C)C(N)=O)C(F)(F)F)cc2c1. The Labute approximate surface area is 274 Å². The molecular formula is C33H26F4N6O6. The highest BCUT2D eigenvalue weighted by atomic mass is 19.4. The number of carbonyl (C=O) groups excluding carboxylic acids is 3. The number of anilines is 1. The summed E-state index contributed by atoms with van der Waals surface area (Å²) in [6.45, 7) is 1.33. The van der Waals surface area contributed by atoms with Crippen molar-refractivity contribution in [2.24, 2.45) is 5.73 Å². The number of hydrogen-bond acceptors (Lipinski definition) is 9. The third-order valence-corrected chi connectivity index (χ3v) is 8.19. The van der Waals surface area contributed by atoms with Gasteiger partial charge in [-0.2, -0.15) is 13.2 Å². The van der Waals surface area contributed by atoms with Gasteiger partial charge in [-0.3, -0.25) is 19.4 Å². The number of fused-ring (bicyclic) bond motifs is 2. The molecular weight excluding hydrogens is 652 g/mol. The largest absolute Gasteiger partial charge is 0.489 e. The summed E-state index contributed by atoms with van der Waals surface area (Å²) in [4.78, 5) is 50.8. The average Bonchev–Trinajstić information content (AvgIpc) is 3.72. The van der Waals surface area contributed by atoms with Crippen LogP contribution in [0.2, 0.25) is 0 Å².